The average molecular weight is 131 g/mol. The highest BCUT2D eigenvalue weighted by Gasteiger charge is 2.19. The maximum atomic E-state index is 8.85. The lowest BCUT2D eigenvalue weighted by atomic mass is 10.1. The number of nitrogens with zero attached hydrogens (tertiary/aromatic N) is 1. The van der Waals surface area contributed by atoms with Crippen LogP contribution >= 0.6 is 0 Å². The van der Waals surface area contributed by atoms with Gasteiger partial charge in [-0.2, -0.15) is 0 Å². The minimum Gasteiger partial charge on any atom is -0.394 e. The molecule has 0 spiro atoms. The summed E-state index contributed by atoms with van der Waals surface area (Å²) in [6, 6.07) is 0. The zero-order chi connectivity index (χ0) is 7.49. The van der Waals surface area contributed by atoms with Gasteiger partial charge in [0.05, 0.1) is 6.61 Å². The normalized spacial score (nSPS) is 12.7. The molecule has 56 valence electrons. The highest BCUT2D eigenvalue weighted by Crippen LogP contribution is 2.08. The van der Waals surface area contributed by atoms with Crippen LogP contribution in [-0.4, -0.2) is 35.7 Å². The zero-order valence-electron chi connectivity index (χ0n) is 6.81. The molecule has 0 aliphatic carbocycles. The monoisotopic (exact) mass is 131 g/mol. The highest BCUT2D eigenvalue weighted by molar-refractivity contribution is 4.76. The molecule has 0 aliphatic heterocycles. The molecule has 0 bridgehead atoms. The molecule has 0 radical (unpaired) electrons. The van der Waals surface area contributed by atoms with Gasteiger partial charge in [-0.25, -0.2) is 0 Å². The highest BCUT2D eigenvalue weighted by atomic mass is 16.3. The van der Waals surface area contributed by atoms with Crippen molar-refractivity contribution in [3.8, 4) is 0 Å². The van der Waals surface area contributed by atoms with Crippen molar-refractivity contribution in [2.45, 2.75) is 26.3 Å². The molecule has 0 heterocycles. The Bertz CT molecular complexity index is 81.0. The summed E-state index contributed by atoms with van der Waals surface area (Å²) in [5.41, 5.74) is -0.0608. The van der Waals surface area contributed by atoms with Crippen LogP contribution in [-0.2, 0) is 0 Å². The summed E-state index contributed by atoms with van der Waals surface area (Å²) in [5.74, 6) is 0. The molecule has 0 unspecified atom stereocenters. The van der Waals surface area contributed by atoms with Crippen LogP contribution in [0.3, 0.4) is 0 Å². The third-order valence-electron chi connectivity index (χ3n) is 1.89. The first kappa shape index (κ1) is 8.92. The summed E-state index contributed by atoms with van der Waals surface area (Å²) < 4.78 is 0. The molecular weight excluding hydrogens is 114 g/mol. The fourth-order valence-electron chi connectivity index (χ4n) is 0.549. The lowest BCUT2D eigenvalue weighted by molar-refractivity contribution is 0.0836. The van der Waals surface area contributed by atoms with Gasteiger partial charge in [0, 0.05) is 5.54 Å². The molecule has 0 aromatic carbocycles. The van der Waals surface area contributed by atoms with Crippen LogP contribution in [0.5, 0.6) is 0 Å². The van der Waals surface area contributed by atoms with E-state index in [-0.39, 0.29) is 12.1 Å². The van der Waals surface area contributed by atoms with Crippen LogP contribution < -0.4 is 0 Å². The lowest BCUT2D eigenvalue weighted by Gasteiger charge is -2.32. The summed E-state index contributed by atoms with van der Waals surface area (Å²) >= 11 is 0. The van der Waals surface area contributed by atoms with E-state index in [0.29, 0.717) is 0 Å². The van der Waals surface area contributed by atoms with Crippen LogP contribution in [0.1, 0.15) is 20.8 Å². The maximum Gasteiger partial charge on any atom is 0.0609 e. The fourth-order valence-corrected chi connectivity index (χ4v) is 0.549. The molecule has 2 nitrogen and oxygen atoms in total. The van der Waals surface area contributed by atoms with Crippen molar-refractivity contribution in [3.63, 3.8) is 0 Å². The standard InChI is InChI=1S/C7H17NO/c1-5-8(4)7(2,3)6-9/h9H,5-6H2,1-4H3. The van der Waals surface area contributed by atoms with Crippen LogP contribution in [0.25, 0.3) is 0 Å². The molecule has 9 heavy (non-hydrogen) atoms. The second-order valence-electron chi connectivity index (χ2n) is 2.98. The Morgan fingerprint density at radius 3 is 2.00 bits per heavy atom. The van der Waals surface area contributed by atoms with Gasteiger partial charge in [-0.15, -0.1) is 0 Å². The van der Waals surface area contributed by atoms with Crippen molar-refractivity contribution in [1.29, 1.82) is 0 Å². The summed E-state index contributed by atoms with van der Waals surface area (Å²) in [6.07, 6.45) is 0. The minimum absolute atomic E-state index is 0.0608. The predicted octanol–water partition coefficient (Wildman–Crippen LogP) is 0.709. The van der Waals surface area contributed by atoms with E-state index in [1.54, 1.807) is 0 Å². The van der Waals surface area contributed by atoms with E-state index in [4.69, 9.17) is 5.11 Å². The molecule has 0 saturated carbocycles. The summed E-state index contributed by atoms with van der Waals surface area (Å²) in [5, 5.41) is 8.85. The Morgan fingerprint density at radius 2 is 1.89 bits per heavy atom. The van der Waals surface area contributed by atoms with Crippen molar-refractivity contribution in [1.82, 2.24) is 4.90 Å². The fraction of sp³-hybridized carbons (Fsp3) is 1.00. The third-order valence-corrected chi connectivity index (χ3v) is 1.89. The zero-order valence-corrected chi connectivity index (χ0v) is 6.81. The molecule has 0 aliphatic rings. The minimum atomic E-state index is -0.0608. The van der Waals surface area contributed by atoms with Crippen molar-refractivity contribution in [2.75, 3.05) is 20.2 Å². The molecule has 0 rings (SSSR count). The van der Waals surface area contributed by atoms with Gasteiger partial charge in [0.15, 0.2) is 0 Å². The quantitative estimate of drug-likeness (QED) is 0.609. The van der Waals surface area contributed by atoms with Gasteiger partial charge < -0.3 is 5.11 Å². The number of hydrogen-bond acceptors (Lipinski definition) is 2. The van der Waals surface area contributed by atoms with E-state index in [1.165, 1.54) is 0 Å². The van der Waals surface area contributed by atoms with Gasteiger partial charge in [0.25, 0.3) is 0 Å². The van der Waals surface area contributed by atoms with Crippen molar-refractivity contribution < 1.29 is 5.11 Å². The predicted molar refractivity (Wildman–Crippen MR) is 39.5 cm³/mol. The Balaban J connectivity index is 3.80. The number of aliphatic hydroxyl groups is 1. The van der Waals surface area contributed by atoms with Crippen LogP contribution in [0.4, 0.5) is 0 Å². The summed E-state index contributed by atoms with van der Waals surface area (Å²) in [6.45, 7) is 7.33. The van der Waals surface area contributed by atoms with Crippen molar-refractivity contribution in [2.24, 2.45) is 0 Å². The van der Waals surface area contributed by atoms with Crippen molar-refractivity contribution >= 4 is 0 Å². The van der Waals surface area contributed by atoms with Crippen LogP contribution in [0, 0.1) is 0 Å². The first-order chi connectivity index (χ1) is 4.04. The Kier molecular flexibility index (Phi) is 3.15. The van der Waals surface area contributed by atoms with Gasteiger partial charge in [0.2, 0.25) is 0 Å². The number of rotatable bonds is 3. The van der Waals surface area contributed by atoms with E-state index in [2.05, 4.69) is 11.8 Å². The first-order valence-corrected chi connectivity index (χ1v) is 3.36. The number of aliphatic hydroxyl groups excluding tert-OH is 1. The van der Waals surface area contributed by atoms with Crippen LogP contribution in [0.2, 0.25) is 0 Å². The first-order valence-electron chi connectivity index (χ1n) is 3.36. The van der Waals surface area contributed by atoms with E-state index in [1.807, 2.05) is 20.9 Å². The molecular formula is C7H17NO. The molecule has 0 amide bonds. The topological polar surface area (TPSA) is 23.5 Å². The SMILES string of the molecule is CCN(C)C(C)(C)CO. The molecule has 0 saturated heterocycles. The second-order valence-corrected chi connectivity index (χ2v) is 2.98. The van der Waals surface area contributed by atoms with Gasteiger partial charge in [-0.1, -0.05) is 6.92 Å². The van der Waals surface area contributed by atoms with E-state index < -0.39 is 0 Å². The van der Waals surface area contributed by atoms with Gasteiger partial charge in [-0.05, 0) is 27.4 Å². The Hall–Kier alpha value is -0.0800. The van der Waals surface area contributed by atoms with Gasteiger partial charge >= 0.3 is 0 Å². The largest absolute Gasteiger partial charge is 0.394 e. The number of likely N-dealkylation sites (N-methyl/N-ethyl adjacent to an activating group) is 1. The summed E-state index contributed by atoms with van der Waals surface area (Å²) in [7, 11) is 2.01. The van der Waals surface area contributed by atoms with Crippen molar-refractivity contribution in [3.05, 3.63) is 0 Å². The molecule has 0 atom stereocenters. The summed E-state index contributed by atoms with van der Waals surface area (Å²) in [4.78, 5) is 2.12. The van der Waals surface area contributed by atoms with Crippen LogP contribution in [0.15, 0.2) is 0 Å². The van der Waals surface area contributed by atoms with E-state index >= 15 is 0 Å². The third kappa shape index (κ3) is 2.33. The average Bonchev–Trinajstić information content (AvgIpc) is 1.86. The lowest BCUT2D eigenvalue weighted by Crippen LogP contribution is -2.43. The smallest absolute Gasteiger partial charge is 0.0609 e. The second kappa shape index (κ2) is 3.18. The maximum absolute atomic E-state index is 8.85. The van der Waals surface area contributed by atoms with Gasteiger partial charge in [0.1, 0.15) is 0 Å². The molecule has 0 aromatic heterocycles. The Morgan fingerprint density at radius 1 is 1.44 bits per heavy atom. The molecule has 0 aromatic rings. The van der Waals surface area contributed by atoms with E-state index in [9.17, 15) is 0 Å². The molecule has 1 N–H and O–H groups in total. The van der Waals surface area contributed by atoms with E-state index in [0.717, 1.165) is 6.54 Å². The van der Waals surface area contributed by atoms with Gasteiger partial charge in [-0.3, -0.25) is 4.90 Å². The molecule has 2 heteroatoms. The molecule has 0 fully saturated rings. The Labute approximate surface area is 57.5 Å². The number of hydrogen-bond donors (Lipinski definition) is 1.